The van der Waals surface area contributed by atoms with Crippen molar-refractivity contribution in [1.82, 2.24) is 4.90 Å². The van der Waals surface area contributed by atoms with E-state index in [1.165, 1.54) is 13.2 Å². The molecule has 0 spiro atoms. The van der Waals surface area contributed by atoms with Crippen molar-refractivity contribution in [2.24, 2.45) is 0 Å². The molecule has 1 aliphatic rings. The van der Waals surface area contributed by atoms with Gasteiger partial charge in [-0.25, -0.2) is 0 Å². The summed E-state index contributed by atoms with van der Waals surface area (Å²) in [5.74, 6) is 0.295. The van der Waals surface area contributed by atoms with Gasteiger partial charge in [0.15, 0.2) is 11.5 Å². The zero-order valence-corrected chi connectivity index (χ0v) is 19.7. The fraction of sp³-hybridized carbons (Fsp3) is 0.280. The van der Waals surface area contributed by atoms with E-state index in [9.17, 15) is 9.59 Å². The molecule has 0 bridgehead atoms. The smallest absolute Gasteiger partial charge is 0.291 e. The summed E-state index contributed by atoms with van der Waals surface area (Å²) < 4.78 is 22.0. The number of nitrogens with one attached hydrogen (secondary N) is 1. The third kappa shape index (κ3) is 5.03. The molecule has 0 radical (unpaired) electrons. The number of hydrogen-bond acceptors (Lipinski definition) is 6. The fourth-order valence-electron chi connectivity index (χ4n) is 3.71. The van der Waals surface area contributed by atoms with Gasteiger partial charge in [-0.15, -0.1) is 0 Å². The van der Waals surface area contributed by atoms with E-state index in [-0.39, 0.29) is 11.7 Å². The number of benzene rings is 2. The van der Waals surface area contributed by atoms with E-state index in [1.54, 1.807) is 35.2 Å². The van der Waals surface area contributed by atoms with Crippen LogP contribution in [0.2, 0.25) is 5.02 Å². The first-order valence-electron chi connectivity index (χ1n) is 10.9. The Morgan fingerprint density at radius 2 is 1.97 bits per heavy atom. The molecule has 1 N–H and O–H groups in total. The highest BCUT2D eigenvalue weighted by atomic mass is 35.5. The molecule has 9 heteroatoms. The van der Waals surface area contributed by atoms with Crippen molar-refractivity contribution in [3.05, 3.63) is 58.8 Å². The zero-order chi connectivity index (χ0) is 24.1. The van der Waals surface area contributed by atoms with Gasteiger partial charge in [-0.2, -0.15) is 0 Å². The van der Waals surface area contributed by atoms with Crippen molar-refractivity contribution in [2.45, 2.75) is 6.92 Å². The maximum Gasteiger partial charge on any atom is 0.291 e. The highest BCUT2D eigenvalue weighted by Gasteiger charge is 2.27. The average molecular weight is 485 g/mol. The molecule has 4 rings (SSSR count). The number of nitrogens with zero attached hydrogens (tertiary/aromatic N) is 1. The van der Waals surface area contributed by atoms with Gasteiger partial charge in [-0.1, -0.05) is 23.7 Å². The van der Waals surface area contributed by atoms with Crippen LogP contribution in [0.15, 0.2) is 46.9 Å². The minimum Gasteiger partial charge on any atom is -0.491 e. The summed E-state index contributed by atoms with van der Waals surface area (Å²) in [5, 5.41) is 3.83. The largest absolute Gasteiger partial charge is 0.491 e. The lowest BCUT2D eigenvalue weighted by Crippen LogP contribution is -2.40. The van der Waals surface area contributed by atoms with Gasteiger partial charge in [0.25, 0.3) is 5.91 Å². The first-order chi connectivity index (χ1) is 16.5. The number of methoxy groups -OCH3 is 1. The molecule has 1 saturated heterocycles. The molecule has 0 unspecified atom stereocenters. The summed E-state index contributed by atoms with van der Waals surface area (Å²) in [6.07, 6.45) is 2.97. The van der Waals surface area contributed by atoms with Crippen LogP contribution in [-0.2, 0) is 9.53 Å². The van der Waals surface area contributed by atoms with Gasteiger partial charge >= 0.3 is 0 Å². The van der Waals surface area contributed by atoms with Crippen LogP contribution in [0.4, 0.5) is 5.69 Å². The first-order valence-corrected chi connectivity index (χ1v) is 11.3. The standard InChI is InChI=1S/C25H25ClN2O6/c1-3-33-20-15-16(14-18(26)23(20)31-2)8-9-21(29)27-22-17-6-4-5-7-19(17)34-24(22)25(30)28-10-12-32-13-11-28/h4-9,14-15H,3,10-13H2,1-2H3,(H,27,29)/b9-8+. The minimum absolute atomic E-state index is 0.0935. The van der Waals surface area contributed by atoms with Crippen LogP contribution in [0.5, 0.6) is 11.5 Å². The van der Waals surface area contributed by atoms with Crippen LogP contribution < -0.4 is 14.8 Å². The lowest BCUT2D eigenvalue weighted by Gasteiger charge is -2.26. The van der Waals surface area contributed by atoms with Crippen LogP contribution in [-0.4, -0.2) is 56.7 Å². The number of furan rings is 1. The summed E-state index contributed by atoms with van der Waals surface area (Å²) in [5.41, 5.74) is 1.51. The van der Waals surface area contributed by atoms with E-state index in [0.29, 0.717) is 71.7 Å². The molecule has 3 aromatic rings. The van der Waals surface area contributed by atoms with E-state index in [4.69, 9.17) is 30.2 Å². The Labute approximate surface area is 202 Å². The van der Waals surface area contributed by atoms with Gasteiger partial charge in [-0.05, 0) is 42.8 Å². The molecule has 178 valence electrons. The SMILES string of the molecule is CCOc1cc(/C=C/C(=O)Nc2c(C(=O)N3CCOCC3)oc3ccccc23)cc(Cl)c1OC. The van der Waals surface area contributed by atoms with Crippen LogP contribution in [0.25, 0.3) is 17.0 Å². The molecule has 2 amide bonds. The maximum atomic E-state index is 13.1. The molecule has 8 nitrogen and oxygen atoms in total. The lowest BCUT2D eigenvalue weighted by atomic mass is 10.1. The van der Waals surface area contributed by atoms with E-state index in [1.807, 2.05) is 19.1 Å². The molecule has 0 aliphatic carbocycles. The lowest BCUT2D eigenvalue weighted by molar-refractivity contribution is -0.111. The van der Waals surface area contributed by atoms with Gasteiger partial charge < -0.3 is 28.8 Å². The van der Waals surface area contributed by atoms with Gasteiger partial charge in [0, 0.05) is 24.6 Å². The number of halogens is 1. The Hall–Kier alpha value is -3.49. The Bertz CT molecular complexity index is 1230. The van der Waals surface area contributed by atoms with Gasteiger partial charge in [0.05, 0.1) is 32.0 Å². The molecule has 2 heterocycles. The quantitative estimate of drug-likeness (QED) is 0.492. The molecule has 2 aromatic carbocycles. The number of morpholine rings is 1. The number of rotatable bonds is 7. The molecule has 1 aliphatic heterocycles. The minimum atomic E-state index is -0.424. The Kier molecular flexibility index (Phi) is 7.40. The second-order valence-corrected chi connectivity index (χ2v) is 7.90. The summed E-state index contributed by atoms with van der Waals surface area (Å²) in [6, 6.07) is 10.6. The maximum absolute atomic E-state index is 13.1. The molecule has 1 fully saturated rings. The van der Waals surface area contributed by atoms with Crippen molar-refractivity contribution < 1.29 is 28.2 Å². The number of anilines is 1. The Morgan fingerprint density at radius 1 is 1.21 bits per heavy atom. The predicted molar refractivity (Wildman–Crippen MR) is 130 cm³/mol. The number of carbonyl (C=O) groups excluding carboxylic acids is 2. The average Bonchev–Trinajstić information content (AvgIpc) is 3.21. The van der Waals surface area contributed by atoms with E-state index in [0.717, 1.165) is 0 Å². The molecule has 1 aromatic heterocycles. The van der Waals surface area contributed by atoms with Crippen LogP contribution >= 0.6 is 11.6 Å². The second kappa shape index (κ2) is 10.6. The number of amides is 2. The Morgan fingerprint density at radius 3 is 2.71 bits per heavy atom. The van der Waals surface area contributed by atoms with Crippen molar-refractivity contribution >= 4 is 46.1 Å². The van der Waals surface area contributed by atoms with Gasteiger partial charge in [0.2, 0.25) is 11.7 Å². The summed E-state index contributed by atoms with van der Waals surface area (Å²) in [4.78, 5) is 27.6. The van der Waals surface area contributed by atoms with E-state index >= 15 is 0 Å². The zero-order valence-electron chi connectivity index (χ0n) is 18.9. The van der Waals surface area contributed by atoms with E-state index in [2.05, 4.69) is 5.32 Å². The molecule has 0 atom stereocenters. The van der Waals surface area contributed by atoms with Crippen LogP contribution in [0.1, 0.15) is 23.0 Å². The monoisotopic (exact) mass is 484 g/mol. The highest BCUT2D eigenvalue weighted by Crippen LogP contribution is 2.37. The van der Waals surface area contributed by atoms with Crippen molar-refractivity contribution in [3.63, 3.8) is 0 Å². The molecular weight excluding hydrogens is 460 g/mol. The molecule has 0 saturated carbocycles. The van der Waals surface area contributed by atoms with Gasteiger partial charge in [0.1, 0.15) is 11.3 Å². The third-order valence-electron chi connectivity index (χ3n) is 5.30. The molecule has 34 heavy (non-hydrogen) atoms. The summed E-state index contributed by atoms with van der Waals surface area (Å²) in [6.45, 7) is 4.14. The summed E-state index contributed by atoms with van der Waals surface area (Å²) >= 11 is 6.29. The Balaban J connectivity index is 1.59. The normalized spacial score (nSPS) is 13.9. The van der Waals surface area contributed by atoms with E-state index < -0.39 is 5.91 Å². The number of carbonyl (C=O) groups is 2. The van der Waals surface area contributed by atoms with Crippen molar-refractivity contribution in [3.8, 4) is 11.5 Å². The van der Waals surface area contributed by atoms with Crippen molar-refractivity contribution in [1.29, 1.82) is 0 Å². The fourth-order valence-corrected chi connectivity index (χ4v) is 4.01. The number of para-hydroxylation sites is 1. The van der Waals surface area contributed by atoms with Crippen LogP contribution in [0.3, 0.4) is 0 Å². The highest BCUT2D eigenvalue weighted by molar-refractivity contribution is 6.32. The number of fused-ring (bicyclic) bond motifs is 1. The topological polar surface area (TPSA) is 90.2 Å². The van der Waals surface area contributed by atoms with Crippen LogP contribution in [0, 0.1) is 0 Å². The summed E-state index contributed by atoms with van der Waals surface area (Å²) in [7, 11) is 1.51. The number of hydrogen-bond donors (Lipinski definition) is 1. The van der Waals surface area contributed by atoms with Gasteiger partial charge in [-0.3, -0.25) is 9.59 Å². The predicted octanol–water partition coefficient (Wildman–Crippen LogP) is 4.62. The second-order valence-electron chi connectivity index (χ2n) is 7.50. The first kappa shape index (κ1) is 23.7. The molecular formula is C25H25ClN2O6. The number of ether oxygens (including phenoxy) is 3. The third-order valence-corrected chi connectivity index (χ3v) is 5.58. The van der Waals surface area contributed by atoms with Crippen molar-refractivity contribution in [2.75, 3.05) is 45.3 Å².